The molecule has 142 valence electrons. The summed E-state index contributed by atoms with van der Waals surface area (Å²) in [4.78, 5) is 8.92. The molecule has 0 bridgehead atoms. The number of fused-ring (bicyclic) bond motifs is 1. The molecule has 2 aliphatic heterocycles. The highest BCUT2D eigenvalue weighted by Crippen LogP contribution is 2.32. The summed E-state index contributed by atoms with van der Waals surface area (Å²) in [5.41, 5.74) is 2.17. The van der Waals surface area contributed by atoms with Gasteiger partial charge in [0.1, 0.15) is 5.82 Å². The average Bonchev–Trinajstić information content (AvgIpc) is 3.17. The van der Waals surface area contributed by atoms with E-state index in [4.69, 9.17) is 9.47 Å². The van der Waals surface area contributed by atoms with E-state index in [1.54, 1.807) is 7.05 Å². The second-order valence-electron chi connectivity index (χ2n) is 6.54. The molecule has 27 heavy (non-hydrogen) atoms. The van der Waals surface area contributed by atoms with Crippen LogP contribution in [0.2, 0.25) is 0 Å². The third-order valence-electron chi connectivity index (χ3n) is 4.87. The highest BCUT2D eigenvalue weighted by Gasteiger charge is 2.20. The van der Waals surface area contributed by atoms with Crippen LogP contribution in [0.5, 0.6) is 11.5 Å². The molecule has 4 rings (SSSR count). The maximum Gasteiger partial charge on any atom is 0.231 e. The third kappa shape index (κ3) is 3.92. The Morgan fingerprint density at radius 1 is 1.04 bits per heavy atom. The van der Waals surface area contributed by atoms with Crippen LogP contribution in [0.25, 0.3) is 0 Å². The van der Waals surface area contributed by atoms with Crippen molar-refractivity contribution in [3.63, 3.8) is 0 Å². The molecular formula is C20H23FN4O2. The van der Waals surface area contributed by atoms with Crippen LogP contribution in [0.15, 0.2) is 47.5 Å². The first-order chi connectivity index (χ1) is 13.2. The van der Waals surface area contributed by atoms with Crippen LogP contribution in [0.3, 0.4) is 0 Å². The molecule has 1 fully saturated rings. The van der Waals surface area contributed by atoms with Gasteiger partial charge in [-0.05, 0) is 42.0 Å². The van der Waals surface area contributed by atoms with Crippen LogP contribution in [0.4, 0.5) is 10.1 Å². The van der Waals surface area contributed by atoms with Gasteiger partial charge in [0, 0.05) is 45.5 Å². The lowest BCUT2D eigenvalue weighted by molar-refractivity contribution is 0.174. The number of guanidine groups is 1. The number of benzene rings is 2. The number of aliphatic imine (C=N–C) groups is 1. The summed E-state index contributed by atoms with van der Waals surface area (Å²) in [6.45, 7) is 4.41. The highest BCUT2D eigenvalue weighted by atomic mass is 19.1. The van der Waals surface area contributed by atoms with Crippen LogP contribution in [-0.4, -0.2) is 50.9 Å². The van der Waals surface area contributed by atoms with E-state index in [9.17, 15) is 4.39 Å². The van der Waals surface area contributed by atoms with Gasteiger partial charge >= 0.3 is 0 Å². The lowest BCUT2D eigenvalue weighted by Crippen LogP contribution is -2.52. The fourth-order valence-electron chi connectivity index (χ4n) is 3.39. The molecule has 6 nitrogen and oxygen atoms in total. The van der Waals surface area contributed by atoms with Crippen molar-refractivity contribution >= 4 is 11.6 Å². The second-order valence-corrected chi connectivity index (χ2v) is 6.54. The Hall–Kier alpha value is -2.96. The molecular weight excluding hydrogens is 347 g/mol. The Morgan fingerprint density at radius 2 is 1.78 bits per heavy atom. The number of halogens is 1. The molecule has 2 aromatic carbocycles. The molecule has 0 amide bonds. The Bertz CT molecular complexity index is 817. The zero-order valence-corrected chi connectivity index (χ0v) is 15.3. The maximum absolute atomic E-state index is 13.1. The monoisotopic (exact) mass is 370 g/mol. The molecule has 0 aromatic heterocycles. The lowest BCUT2D eigenvalue weighted by atomic mass is 10.2. The molecule has 0 unspecified atom stereocenters. The van der Waals surface area contributed by atoms with Gasteiger partial charge in [-0.2, -0.15) is 0 Å². The number of hydrogen-bond acceptors (Lipinski definition) is 4. The Morgan fingerprint density at radius 3 is 2.52 bits per heavy atom. The summed E-state index contributed by atoms with van der Waals surface area (Å²) in [7, 11) is 1.80. The SMILES string of the molecule is CN=C(NCc1ccc2c(c1)OCO2)N1CCN(c2ccc(F)cc2)CC1. The summed E-state index contributed by atoms with van der Waals surface area (Å²) in [5.74, 6) is 2.26. The van der Waals surface area contributed by atoms with Gasteiger partial charge in [-0.15, -0.1) is 0 Å². The fourth-order valence-corrected chi connectivity index (χ4v) is 3.39. The van der Waals surface area contributed by atoms with Crippen molar-refractivity contribution in [3.05, 3.63) is 53.8 Å². The van der Waals surface area contributed by atoms with Gasteiger partial charge < -0.3 is 24.6 Å². The predicted octanol–water partition coefficient (Wildman–Crippen LogP) is 2.45. The minimum absolute atomic E-state index is 0.203. The topological polar surface area (TPSA) is 49.3 Å². The van der Waals surface area contributed by atoms with E-state index in [1.165, 1.54) is 12.1 Å². The van der Waals surface area contributed by atoms with E-state index in [-0.39, 0.29) is 12.6 Å². The van der Waals surface area contributed by atoms with Crippen molar-refractivity contribution < 1.29 is 13.9 Å². The molecule has 0 atom stereocenters. The number of anilines is 1. The number of nitrogens with zero attached hydrogens (tertiary/aromatic N) is 3. The standard InChI is InChI=1S/C20H23FN4O2/c1-22-20(23-13-15-2-7-18-19(12-15)27-14-26-18)25-10-8-24(9-11-25)17-5-3-16(21)4-6-17/h2-7,12H,8-11,13-14H2,1H3,(H,22,23). The summed E-state index contributed by atoms with van der Waals surface area (Å²) in [6, 6.07) is 12.6. The molecule has 2 aromatic rings. The average molecular weight is 370 g/mol. The number of hydrogen-bond donors (Lipinski definition) is 1. The molecule has 1 N–H and O–H groups in total. The molecule has 0 spiro atoms. The number of ether oxygens (including phenoxy) is 2. The molecule has 0 aliphatic carbocycles. The van der Waals surface area contributed by atoms with Crippen molar-refractivity contribution in [1.82, 2.24) is 10.2 Å². The zero-order chi connectivity index (χ0) is 18.6. The fraction of sp³-hybridized carbons (Fsp3) is 0.350. The van der Waals surface area contributed by atoms with E-state index >= 15 is 0 Å². The molecule has 2 aliphatic rings. The normalized spacial score (nSPS) is 16.6. The van der Waals surface area contributed by atoms with Crippen molar-refractivity contribution in [2.24, 2.45) is 4.99 Å². The molecule has 0 radical (unpaired) electrons. The van der Waals surface area contributed by atoms with E-state index in [0.29, 0.717) is 6.54 Å². The van der Waals surface area contributed by atoms with Crippen molar-refractivity contribution in [2.75, 3.05) is 44.9 Å². The molecule has 1 saturated heterocycles. The van der Waals surface area contributed by atoms with Crippen molar-refractivity contribution in [3.8, 4) is 11.5 Å². The van der Waals surface area contributed by atoms with E-state index in [0.717, 1.165) is 54.9 Å². The lowest BCUT2D eigenvalue weighted by Gasteiger charge is -2.37. The van der Waals surface area contributed by atoms with Gasteiger partial charge in [-0.25, -0.2) is 4.39 Å². The number of nitrogens with one attached hydrogen (secondary N) is 1. The van der Waals surface area contributed by atoms with Gasteiger partial charge in [-0.1, -0.05) is 6.07 Å². The van der Waals surface area contributed by atoms with Gasteiger partial charge in [0.15, 0.2) is 17.5 Å². The van der Waals surface area contributed by atoms with Crippen LogP contribution < -0.4 is 19.7 Å². The van der Waals surface area contributed by atoms with Crippen LogP contribution in [0.1, 0.15) is 5.56 Å². The quantitative estimate of drug-likeness (QED) is 0.664. The Labute approximate surface area is 158 Å². The first-order valence-electron chi connectivity index (χ1n) is 9.07. The largest absolute Gasteiger partial charge is 0.454 e. The van der Waals surface area contributed by atoms with Crippen LogP contribution in [0, 0.1) is 5.82 Å². The van der Waals surface area contributed by atoms with Crippen LogP contribution in [-0.2, 0) is 6.54 Å². The van der Waals surface area contributed by atoms with Gasteiger partial charge in [0.05, 0.1) is 0 Å². The van der Waals surface area contributed by atoms with Crippen molar-refractivity contribution in [1.29, 1.82) is 0 Å². The van der Waals surface area contributed by atoms with Crippen molar-refractivity contribution in [2.45, 2.75) is 6.54 Å². The predicted molar refractivity (Wildman–Crippen MR) is 103 cm³/mol. The van der Waals surface area contributed by atoms with Gasteiger partial charge in [0.2, 0.25) is 6.79 Å². The zero-order valence-electron chi connectivity index (χ0n) is 15.3. The van der Waals surface area contributed by atoms with Gasteiger partial charge in [0.25, 0.3) is 0 Å². The summed E-state index contributed by atoms with van der Waals surface area (Å²) >= 11 is 0. The number of piperazine rings is 1. The summed E-state index contributed by atoms with van der Waals surface area (Å²) in [6.07, 6.45) is 0. The molecule has 7 heteroatoms. The van der Waals surface area contributed by atoms with Crippen LogP contribution >= 0.6 is 0 Å². The first kappa shape index (κ1) is 17.5. The molecule has 2 heterocycles. The minimum Gasteiger partial charge on any atom is -0.454 e. The molecule has 0 saturated carbocycles. The van der Waals surface area contributed by atoms with Gasteiger partial charge in [-0.3, -0.25) is 4.99 Å². The highest BCUT2D eigenvalue weighted by molar-refractivity contribution is 5.80. The second kappa shape index (κ2) is 7.73. The number of rotatable bonds is 3. The summed E-state index contributed by atoms with van der Waals surface area (Å²) in [5, 5.41) is 3.42. The Balaban J connectivity index is 1.32. The first-order valence-corrected chi connectivity index (χ1v) is 9.07. The maximum atomic E-state index is 13.1. The summed E-state index contributed by atoms with van der Waals surface area (Å²) < 4.78 is 23.9. The third-order valence-corrected chi connectivity index (χ3v) is 4.87. The Kier molecular flexibility index (Phi) is 5.00. The van der Waals surface area contributed by atoms with E-state index < -0.39 is 0 Å². The smallest absolute Gasteiger partial charge is 0.231 e. The van der Waals surface area contributed by atoms with E-state index in [1.807, 2.05) is 30.3 Å². The minimum atomic E-state index is -0.203. The van der Waals surface area contributed by atoms with E-state index in [2.05, 4.69) is 20.1 Å².